The summed E-state index contributed by atoms with van der Waals surface area (Å²) in [6.07, 6.45) is -1.07. The molecule has 1 aliphatic rings. The van der Waals surface area contributed by atoms with Crippen molar-refractivity contribution in [2.24, 2.45) is 5.92 Å². The minimum Gasteiger partial charge on any atom is -0.449 e. The van der Waals surface area contributed by atoms with E-state index in [2.05, 4.69) is 10.1 Å². The Morgan fingerprint density at radius 2 is 1.30 bits per heavy atom. The van der Waals surface area contributed by atoms with E-state index in [1.807, 2.05) is 48.5 Å². The van der Waals surface area contributed by atoms with Gasteiger partial charge in [0, 0.05) is 5.92 Å². The maximum atomic E-state index is 14.0. The minimum absolute atomic E-state index is 0.0571. The highest BCUT2D eigenvalue weighted by Gasteiger charge is 2.33. The Kier molecular flexibility index (Phi) is 7.47. The fraction of sp³-hybridized carbons (Fsp3) is 0.259. The van der Waals surface area contributed by atoms with Crippen LogP contribution in [0.15, 0.2) is 48.5 Å². The summed E-state index contributed by atoms with van der Waals surface area (Å²) in [5.74, 6) is -15.1. The summed E-state index contributed by atoms with van der Waals surface area (Å²) in [5.41, 5.74) is 3.94. The van der Waals surface area contributed by atoms with Gasteiger partial charge >= 0.3 is 12.1 Å². The second-order valence-corrected chi connectivity index (χ2v) is 8.97. The molecule has 194 valence electrons. The van der Waals surface area contributed by atoms with Gasteiger partial charge in [-0.3, -0.25) is 0 Å². The van der Waals surface area contributed by atoms with Crippen LogP contribution in [-0.4, -0.2) is 24.7 Å². The molecular weight excluding hydrogens is 497 g/mol. The number of benzene rings is 3. The van der Waals surface area contributed by atoms with Gasteiger partial charge in [0.05, 0.1) is 0 Å². The van der Waals surface area contributed by atoms with Crippen molar-refractivity contribution in [3.63, 3.8) is 0 Å². The maximum Gasteiger partial charge on any atom is 0.407 e. The molecule has 0 spiro atoms. The van der Waals surface area contributed by atoms with Crippen LogP contribution in [0.1, 0.15) is 37.3 Å². The van der Waals surface area contributed by atoms with Gasteiger partial charge in [0.2, 0.25) is 34.8 Å². The number of esters is 1. The van der Waals surface area contributed by atoms with Gasteiger partial charge in [-0.05, 0) is 34.6 Å². The van der Waals surface area contributed by atoms with E-state index in [4.69, 9.17) is 4.74 Å². The Morgan fingerprint density at radius 3 is 1.81 bits per heavy atom. The van der Waals surface area contributed by atoms with Gasteiger partial charge in [-0.2, -0.15) is 8.78 Å². The third-order valence-corrected chi connectivity index (χ3v) is 6.00. The number of carbonyl (C=O) groups is 2. The monoisotopic (exact) mass is 519 g/mol. The van der Waals surface area contributed by atoms with Gasteiger partial charge in [-0.15, -0.1) is 0 Å². The van der Waals surface area contributed by atoms with Crippen LogP contribution in [0.25, 0.3) is 11.1 Å². The Labute approximate surface area is 209 Å². The number of carbonyl (C=O) groups excluding carboxylic acids is 2. The van der Waals surface area contributed by atoms with Gasteiger partial charge in [0.15, 0.2) is 0 Å². The van der Waals surface area contributed by atoms with Crippen molar-refractivity contribution >= 4 is 12.1 Å². The lowest BCUT2D eigenvalue weighted by atomic mass is 9.98. The SMILES string of the molecule is CC(C)C[C@@H](NC(=O)OCC1c2ccccc2-c2ccccc21)C(=O)Oc1c(F)c(F)c(F)c(F)c1F. The fourth-order valence-electron chi connectivity index (χ4n) is 4.31. The molecule has 1 N–H and O–H groups in total. The zero-order chi connectivity index (χ0) is 26.9. The quantitative estimate of drug-likeness (QED) is 0.132. The smallest absolute Gasteiger partial charge is 0.407 e. The van der Waals surface area contributed by atoms with Crippen LogP contribution in [0, 0.1) is 35.0 Å². The number of ether oxygens (including phenoxy) is 2. The summed E-state index contributed by atoms with van der Waals surface area (Å²) in [5, 5.41) is 2.28. The first kappa shape index (κ1) is 26.1. The highest BCUT2D eigenvalue weighted by molar-refractivity contribution is 5.83. The van der Waals surface area contributed by atoms with E-state index >= 15 is 0 Å². The molecule has 0 saturated carbocycles. The molecule has 0 aromatic heterocycles. The lowest BCUT2D eigenvalue weighted by molar-refractivity contribution is -0.137. The molecule has 0 heterocycles. The fourth-order valence-corrected chi connectivity index (χ4v) is 4.31. The van der Waals surface area contributed by atoms with Crippen molar-refractivity contribution in [2.75, 3.05) is 6.61 Å². The lowest BCUT2D eigenvalue weighted by Gasteiger charge is -2.20. The number of alkyl carbamates (subject to hydrolysis) is 1. The molecule has 5 nitrogen and oxygen atoms in total. The van der Waals surface area contributed by atoms with Crippen molar-refractivity contribution in [1.82, 2.24) is 5.32 Å². The molecule has 0 radical (unpaired) electrons. The standard InChI is InChI=1S/C27H22F5NO4/c1-13(2)11-19(26(34)37-25-23(31)21(29)20(28)22(30)24(25)32)33-27(35)36-12-18-16-9-5-3-7-14(16)15-8-4-6-10-17(15)18/h3-10,13,18-19H,11-12H2,1-2H3,(H,33,35)/t19-/m1/s1. The molecule has 0 aliphatic heterocycles. The molecule has 37 heavy (non-hydrogen) atoms. The molecule has 0 bridgehead atoms. The second kappa shape index (κ2) is 10.6. The van der Waals surface area contributed by atoms with Gasteiger partial charge in [-0.25, -0.2) is 22.8 Å². The van der Waals surface area contributed by atoms with E-state index in [0.29, 0.717) is 0 Å². The van der Waals surface area contributed by atoms with Crippen molar-refractivity contribution in [3.8, 4) is 16.9 Å². The Hall–Kier alpha value is -3.95. The number of rotatable bonds is 7. The van der Waals surface area contributed by atoms with Gasteiger partial charge in [-0.1, -0.05) is 62.4 Å². The van der Waals surface area contributed by atoms with Crippen molar-refractivity contribution in [3.05, 3.63) is 88.7 Å². The molecule has 4 rings (SSSR count). The number of halogens is 5. The van der Waals surface area contributed by atoms with E-state index < -0.39 is 52.9 Å². The van der Waals surface area contributed by atoms with Gasteiger partial charge in [0.25, 0.3) is 0 Å². The van der Waals surface area contributed by atoms with E-state index in [-0.39, 0.29) is 24.9 Å². The number of hydrogen-bond acceptors (Lipinski definition) is 4. The molecule has 0 unspecified atom stereocenters. The number of nitrogens with one attached hydrogen (secondary N) is 1. The molecule has 3 aromatic rings. The van der Waals surface area contributed by atoms with Crippen LogP contribution in [0.2, 0.25) is 0 Å². The molecule has 1 amide bonds. The summed E-state index contributed by atoms with van der Waals surface area (Å²) >= 11 is 0. The van der Waals surface area contributed by atoms with Gasteiger partial charge < -0.3 is 14.8 Å². The molecular formula is C27H22F5NO4. The summed E-state index contributed by atoms with van der Waals surface area (Å²) in [7, 11) is 0. The van der Waals surface area contributed by atoms with E-state index in [0.717, 1.165) is 22.3 Å². The first-order chi connectivity index (χ1) is 17.6. The second-order valence-electron chi connectivity index (χ2n) is 8.97. The summed E-state index contributed by atoms with van der Waals surface area (Å²) in [4.78, 5) is 25.2. The molecule has 3 aromatic carbocycles. The predicted molar refractivity (Wildman–Crippen MR) is 123 cm³/mol. The lowest BCUT2D eigenvalue weighted by Crippen LogP contribution is -2.44. The zero-order valence-electron chi connectivity index (χ0n) is 19.8. The van der Waals surface area contributed by atoms with Crippen LogP contribution >= 0.6 is 0 Å². The topological polar surface area (TPSA) is 64.6 Å². The summed E-state index contributed by atoms with van der Waals surface area (Å²) < 4.78 is 78.1. The Morgan fingerprint density at radius 1 is 0.811 bits per heavy atom. The Bertz CT molecular complexity index is 1290. The molecule has 0 saturated heterocycles. The van der Waals surface area contributed by atoms with Crippen molar-refractivity contribution in [2.45, 2.75) is 32.2 Å². The van der Waals surface area contributed by atoms with E-state index in [9.17, 15) is 31.5 Å². The third-order valence-electron chi connectivity index (χ3n) is 6.00. The normalized spacial score (nSPS) is 13.2. The third kappa shape index (κ3) is 5.14. The first-order valence-electron chi connectivity index (χ1n) is 11.4. The van der Waals surface area contributed by atoms with E-state index in [1.54, 1.807) is 13.8 Å². The van der Waals surface area contributed by atoms with Crippen molar-refractivity contribution in [1.29, 1.82) is 0 Å². The first-order valence-corrected chi connectivity index (χ1v) is 11.4. The number of hydrogen-bond donors (Lipinski definition) is 1. The predicted octanol–water partition coefficient (Wildman–Crippen LogP) is 6.24. The van der Waals surface area contributed by atoms with E-state index in [1.165, 1.54) is 0 Å². The van der Waals surface area contributed by atoms with Crippen LogP contribution in [0.5, 0.6) is 5.75 Å². The number of amides is 1. The average Bonchev–Trinajstić information content (AvgIpc) is 3.20. The average molecular weight is 519 g/mol. The molecule has 10 heteroatoms. The largest absolute Gasteiger partial charge is 0.449 e. The van der Waals surface area contributed by atoms with Crippen LogP contribution < -0.4 is 10.1 Å². The van der Waals surface area contributed by atoms with Crippen molar-refractivity contribution < 1.29 is 41.0 Å². The molecule has 0 fully saturated rings. The van der Waals surface area contributed by atoms with Gasteiger partial charge in [0.1, 0.15) is 12.6 Å². The van der Waals surface area contributed by atoms with Crippen LogP contribution in [0.4, 0.5) is 26.7 Å². The van der Waals surface area contributed by atoms with Crippen LogP contribution in [0.3, 0.4) is 0 Å². The maximum absolute atomic E-state index is 14.0. The van der Waals surface area contributed by atoms with Crippen LogP contribution in [-0.2, 0) is 9.53 Å². The summed E-state index contributed by atoms with van der Waals surface area (Å²) in [6.45, 7) is 3.32. The molecule has 1 atom stereocenters. The summed E-state index contributed by atoms with van der Waals surface area (Å²) in [6, 6.07) is 13.8. The highest BCUT2D eigenvalue weighted by Crippen LogP contribution is 2.44. The molecule has 1 aliphatic carbocycles. The highest BCUT2D eigenvalue weighted by atomic mass is 19.2. The number of fused-ring (bicyclic) bond motifs is 3. The zero-order valence-corrected chi connectivity index (χ0v) is 19.8. The minimum atomic E-state index is -2.38. The Balaban J connectivity index is 1.48.